The standard InChI is InChI=1S/C24H20Cl3N3O6S/c1-22(2)17(19(32)36-13-23(25,26)27)29-20(33)24(21(29)37-22,18(31)15-6-4-3-5-7-15)28-12-14-8-10-16(11-9-14)30(34)35/h3-12,17,21H,13H2,1-2H3/t17-,21+,24+/m0/s1. The van der Waals surface area contributed by atoms with E-state index < -0.39 is 54.7 Å². The third-order valence-corrected chi connectivity index (χ3v) is 7.98. The predicted octanol–water partition coefficient (Wildman–Crippen LogP) is 4.61. The lowest BCUT2D eigenvalue weighted by atomic mass is 9.79. The van der Waals surface area contributed by atoms with Gasteiger partial charge >= 0.3 is 5.97 Å². The molecule has 9 nitrogen and oxygen atoms in total. The van der Waals surface area contributed by atoms with Gasteiger partial charge in [0.2, 0.25) is 15.1 Å². The molecule has 0 saturated carbocycles. The molecule has 2 aromatic carbocycles. The number of thioether (sulfide) groups is 1. The molecule has 2 heterocycles. The van der Waals surface area contributed by atoms with Crippen molar-refractivity contribution >= 4 is 76.1 Å². The highest BCUT2D eigenvalue weighted by atomic mass is 35.6. The van der Waals surface area contributed by atoms with E-state index in [1.54, 1.807) is 44.2 Å². The Morgan fingerprint density at radius 1 is 1.16 bits per heavy atom. The van der Waals surface area contributed by atoms with E-state index in [1.807, 2.05) is 0 Å². The molecule has 0 unspecified atom stereocenters. The second-order valence-electron chi connectivity index (χ2n) is 8.98. The number of alkyl halides is 3. The summed E-state index contributed by atoms with van der Waals surface area (Å²) in [5, 5.41) is 10.1. The van der Waals surface area contributed by atoms with Gasteiger partial charge in [0.05, 0.1) is 4.92 Å². The van der Waals surface area contributed by atoms with E-state index in [9.17, 15) is 24.5 Å². The number of rotatable bonds is 7. The predicted molar refractivity (Wildman–Crippen MR) is 142 cm³/mol. The summed E-state index contributed by atoms with van der Waals surface area (Å²) >= 11 is 18.4. The highest BCUT2D eigenvalue weighted by molar-refractivity contribution is 8.01. The molecule has 1 amide bonds. The number of Topliss-reactive ketones (excluding diaryl/α,β-unsaturated/α-hetero) is 1. The molecule has 2 fully saturated rings. The molecular weight excluding hydrogens is 565 g/mol. The average Bonchev–Trinajstić information content (AvgIpc) is 3.11. The molecule has 13 heteroatoms. The first-order valence-corrected chi connectivity index (χ1v) is 12.9. The third kappa shape index (κ3) is 5.07. The van der Waals surface area contributed by atoms with E-state index >= 15 is 0 Å². The lowest BCUT2D eigenvalue weighted by Crippen LogP contribution is -2.75. The normalized spacial score (nSPS) is 24.5. The maximum Gasteiger partial charge on any atom is 0.330 e. The van der Waals surface area contributed by atoms with Gasteiger partial charge in [-0.15, -0.1) is 11.8 Å². The number of amides is 1. The zero-order chi connectivity index (χ0) is 27.2. The van der Waals surface area contributed by atoms with E-state index in [2.05, 4.69) is 4.99 Å². The number of esters is 1. The number of carbonyl (C=O) groups is 3. The minimum absolute atomic E-state index is 0.109. The van der Waals surface area contributed by atoms with Crippen LogP contribution in [-0.2, 0) is 14.3 Å². The van der Waals surface area contributed by atoms with E-state index in [-0.39, 0.29) is 11.3 Å². The number of ketones is 1. The second-order valence-corrected chi connectivity index (χ2v) is 13.2. The molecule has 3 atom stereocenters. The number of β-lactam (4-membered cyclic amide) rings is 1. The van der Waals surface area contributed by atoms with Gasteiger partial charge in [0.1, 0.15) is 18.0 Å². The summed E-state index contributed by atoms with van der Waals surface area (Å²) in [6.07, 6.45) is 1.34. The Hall–Kier alpha value is -2.66. The first-order chi connectivity index (χ1) is 17.3. The molecule has 0 aromatic heterocycles. The van der Waals surface area contributed by atoms with Crippen LogP contribution in [0.1, 0.15) is 29.8 Å². The maximum absolute atomic E-state index is 13.8. The van der Waals surface area contributed by atoms with Crippen LogP contribution in [0.3, 0.4) is 0 Å². The topological polar surface area (TPSA) is 119 Å². The van der Waals surface area contributed by atoms with Gasteiger partial charge in [-0.05, 0) is 31.5 Å². The Balaban J connectivity index is 1.71. The molecular formula is C24H20Cl3N3O6S. The number of non-ortho nitro benzene ring substituents is 1. The SMILES string of the molecule is CC1(C)S[C@H]2N(C(=O)[C@]2(N=Cc2ccc([N+](=O)[O-])cc2)C(=O)c2ccccc2)[C@H]1C(=O)OCC(Cl)(Cl)Cl. The van der Waals surface area contributed by atoms with Gasteiger partial charge in [0.25, 0.3) is 11.6 Å². The van der Waals surface area contributed by atoms with E-state index in [0.29, 0.717) is 5.56 Å². The number of hydrogen-bond donors (Lipinski definition) is 0. The van der Waals surface area contributed by atoms with Crippen molar-refractivity contribution in [1.29, 1.82) is 0 Å². The van der Waals surface area contributed by atoms with E-state index in [0.717, 1.165) is 0 Å². The van der Waals surface area contributed by atoms with Crippen molar-refractivity contribution in [1.82, 2.24) is 4.90 Å². The molecule has 0 N–H and O–H groups in total. The number of ether oxygens (including phenoxy) is 1. The quantitative estimate of drug-likeness (QED) is 0.0681. The number of nitro benzene ring substituents is 1. The number of fused-ring (bicyclic) bond motifs is 1. The van der Waals surface area contributed by atoms with Crippen LogP contribution in [0.4, 0.5) is 5.69 Å². The van der Waals surface area contributed by atoms with E-state index in [4.69, 9.17) is 39.5 Å². The van der Waals surface area contributed by atoms with Crippen LogP contribution in [0.5, 0.6) is 0 Å². The fraction of sp³-hybridized carbons (Fsp3) is 0.333. The number of nitrogens with zero attached hydrogens (tertiary/aromatic N) is 3. The largest absolute Gasteiger partial charge is 0.460 e. The summed E-state index contributed by atoms with van der Waals surface area (Å²) in [6.45, 7) is 3.00. The Morgan fingerprint density at radius 3 is 2.35 bits per heavy atom. The number of hydrogen-bond acceptors (Lipinski definition) is 8. The highest BCUT2D eigenvalue weighted by Gasteiger charge is 2.74. The number of carbonyl (C=O) groups excluding carboxylic acids is 3. The van der Waals surface area contributed by atoms with Crippen molar-refractivity contribution in [2.24, 2.45) is 4.99 Å². The molecule has 37 heavy (non-hydrogen) atoms. The molecule has 194 valence electrons. The van der Waals surface area contributed by atoms with Crippen molar-refractivity contribution in [2.45, 2.75) is 39.3 Å². The van der Waals surface area contributed by atoms with Gasteiger partial charge in [-0.2, -0.15) is 0 Å². The van der Waals surface area contributed by atoms with Gasteiger partial charge in [0.15, 0.2) is 0 Å². The lowest BCUT2D eigenvalue weighted by Gasteiger charge is -2.49. The molecule has 0 bridgehead atoms. The molecule has 4 rings (SSSR count). The Labute approximate surface area is 231 Å². The fourth-order valence-corrected chi connectivity index (χ4v) is 6.16. The van der Waals surface area contributed by atoms with Crippen molar-refractivity contribution in [2.75, 3.05) is 6.61 Å². The zero-order valence-corrected chi connectivity index (χ0v) is 22.6. The van der Waals surface area contributed by atoms with Gasteiger partial charge in [0, 0.05) is 28.7 Å². The first kappa shape index (κ1) is 27.4. The summed E-state index contributed by atoms with van der Waals surface area (Å²) in [6, 6.07) is 12.7. The summed E-state index contributed by atoms with van der Waals surface area (Å²) in [7, 11) is 0. The van der Waals surface area contributed by atoms with Crippen molar-refractivity contribution in [3.8, 4) is 0 Å². The number of halogens is 3. The smallest absolute Gasteiger partial charge is 0.330 e. The Kier molecular flexibility index (Phi) is 7.33. The van der Waals surface area contributed by atoms with E-state index in [1.165, 1.54) is 47.1 Å². The van der Waals surface area contributed by atoms with Crippen LogP contribution in [0.15, 0.2) is 59.6 Å². The van der Waals surface area contributed by atoms with Crippen molar-refractivity contribution < 1.29 is 24.0 Å². The summed E-state index contributed by atoms with van der Waals surface area (Å²) in [4.78, 5) is 56.7. The van der Waals surface area contributed by atoms with Crippen LogP contribution in [0.25, 0.3) is 0 Å². The number of benzene rings is 2. The molecule has 0 aliphatic carbocycles. The van der Waals surface area contributed by atoms with Gasteiger partial charge in [-0.25, -0.2) is 4.79 Å². The number of aliphatic imine (C=N–C) groups is 1. The van der Waals surface area contributed by atoms with Gasteiger partial charge in [-0.3, -0.25) is 24.7 Å². The fourth-order valence-electron chi connectivity index (χ4n) is 4.31. The molecule has 2 aromatic rings. The third-order valence-electron chi connectivity index (χ3n) is 6.03. The Morgan fingerprint density at radius 2 is 1.78 bits per heavy atom. The first-order valence-electron chi connectivity index (χ1n) is 10.9. The maximum atomic E-state index is 13.8. The minimum Gasteiger partial charge on any atom is -0.460 e. The van der Waals surface area contributed by atoms with Crippen LogP contribution in [-0.4, -0.2) is 65.8 Å². The summed E-state index contributed by atoms with van der Waals surface area (Å²) in [5.41, 5.74) is -1.23. The Bertz CT molecular complexity index is 1280. The number of nitro groups is 1. The minimum atomic E-state index is -1.85. The summed E-state index contributed by atoms with van der Waals surface area (Å²) < 4.78 is 2.50. The van der Waals surface area contributed by atoms with Crippen LogP contribution in [0, 0.1) is 10.1 Å². The monoisotopic (exact) mass is 583 g/mol. The van der Waals surface area contributed by atoms with Crippen molar-refractivity contribution in [3.05, 3.63) is 75.8 Å². The zero-order valence-electron chi connectivity index (χ0n) is 19.5. The molecule has 2 aliphatic heterocycles. The van der Waals surface area contributed by atoms with Crippen LogP contribution >= 0.6 is 46.6 Å². The molecule has 0 radical (unpaired) electrons. The molecule has 2 saturated heterocycles. The van der Waals surface area contributed by atoms with Crippen LogP contribution < -0.4 is 0 Å². The van der Waals surface area contributed by atoms with Crippen molar-refractivity contribution in [3.63, 3.8) is 0 Å². The highest BCUT2D eigenvalue weighted by Crippen LogP contribution is 2.57. The lowest BCUT2D eigenvalue weighted by molar-refractivity contribution is -0.384. The molecule has 0 spiro atoms. The molecule has 2 aliphatic rings. The average molecular weight is 585 g/mol. The van der Waals surface area contributed by atoms with Gasteiger partial charge in [-0.1, -0.05) is 65.1 Å². The van der Waals surface area contributed by atoms with Crippen LogP contribution in [0.2, 0.25) is 0 Å². The summed E-state index contributed by atoms with van der Waals surface area (Å²) in [5.74, 6) is -1.96. The second kappa shape index (κ2) is 9.90. The van der Waals surface area contributed by atoms with Gasteiger partial charge < -0.3 is 9.64 Å².